The van der Waals surface area contributed by atoms with E-state index in [-0.39, 0.29) is 0 Å². The summed E-state index contributed by atoms with van der Waals surface area (Å²) >= 11 is 5.75. The molecule has 5 nitrogen and oxygen atoms in total. The van der Waals surface area contributed by atoms with Crippen LogP contribution in [-0.4, -0.2) is 54.3 Å². The molecule has 27 heavy (non-hydrogen) atoms. The summed E-state index contributed by atoms with van der Waals surface area (Å²) in [6.45, 7) is 8.50. The van der Waals surface area contributed by atoms with Crippen LogP contribution in [0.3, 0.4) is 0 Å². The Kier molecular flexibility index (Phi) is 7.68. The van der Waals surface area contributed by atoms with Crippen LogP contribution >= 0.6 is 12.2 Å². The maximum Gasteiger partial charge on any atom is 0.173 e. The highest BCUT2D eigenvalue weighted by Crippen LogP contribution is 2.17. The van der Waals surface area contributed by atoms with Gasteiger partial charge in [0.05, 0.1) is 26.0 Å². The largest absolute Gasteiger partial charge is 0.467 e. The Balaban J connectivity index is 1.60. The molecule has 0 saturated carbocycles. The van der Waals surface area contributed by atoms with Gasteiger partial charge in [-0.15, -0.1) is 0 Å². The Morgan fingerprint density at radius 3 is 2.74 bits per heavy atom. The SMILES string of the molecule is CCc1ccccc1NC(=S)N(CCCN1CCOCC1)Cc1ccco1. The Morgan fingerprint density at radius 2 is 2.00 bits per heavy atom. The molecule has 1 aromatic carbocycles. The van der Waals surface area contributed by atoms with Crippen molar-refractivity contribution in [1.82, 2.24) is 9.80 Å². The van der Waals surface area contributed by atoms with Crippen LogP contribution in [-0.2, 0) is 17.7 Å². The third kappa shape index (κ3) is 6.06. The van der Waals surface area contributed by atoms with Gasteiger partial charge in [0.25, 0.3) is 0 Å². The number of aryl methyl sites for hydroxylation is 1. The lowest BCUT2D eigenvalue weighted by molar-refractivity contribution is 0.0367. The molecule has 0 radical (unpaired) electrons. The lowest BCUT2D eigenvalue weighted by atomic mass is 10.1. The van der Waals surface area contributed by atoms with Gasteiger partial charge in [-0.25, -0.2) is 0 Å². The van der Waals surface area contributed by atoms with Crippen LogP contribution < -0.4 is 5.32 Å². The van der Waals surface area contributed by atoms with Crippen LogP contribution in [0.25, 0.3) is 0 Å². The van der Waals surface area contributed by atoms with Crippen molar-refractivity contribution < 1.29 is 9.15 Å². The van der Waals surface area contributed by atoms with E-state index in [4.69, 9.17) is 21.4 Å². The smallest absolute Gasteiger partial charge is 0.173 e. The maximum absolute atomic E-state index is 5.75. The highest BCUT2D eigenvalue weighted by atomic mass is 32.1. The van der Waals surface area contributed by atoms with Crippen LogP contribution in [0.5, 0.6) is 0 Å². The number of ether oxygens (including phenoxy) is 1. The van der Waals surface area contributed by atoms with Gasteiger partial charge in [0.15, 0.2) is 5.11 Å². The van der Waals surface area contributed by atoms with E-state index in [1.165, 1.54) is 5.56 Å². The molecule has 0 atom stereocenters. The summed E-state index contributed by atoms with van der Waals surface area (Å²) in [7, 11) is 0. The fourth-order valence-electron chi connectivity index (χ4n) is 3.30. The standard InChI is InChI=1S/C21H29N3O2S/c1-2-18-7-3-4-9-20(18)22-21(27)24(17-19-8-5-14-26-19)11-6-10-23-12-15-25-16-13-23/h3-5,7-9,14H,2,6,10-13,15-17H2,1H3,(H,22,27). The molecular formula is C21H29N3O2S. The maximum atomic E-state index is 5.75. The number of hydrogen-bond acceptors (Lipinski definition) is 4. The molecule has 2 heterocycles. The molecular weight excluding hydrogens is 358 g/mol. The monoisotopic (exact) mass is 387 g/mol. The first kappa shape index (κ1) is 19.9. The molecule has 0 aliphatic carbocycles. The number of benzene rings is 1. The van der Waals surface area contributed by atoms with Crippen molar-refractivity contribution >= 4 is 23.0 Å². The number of para-hydroxylation sites is 1. The summed E-state index contributed by atoms with van der Waals surface area (Å²) in [4.78, 5) is 4.65. The number of nitrogens with one attached hydrogen (secondary N) is 1. The molecule has 6 heteroatoms. The number of rotatable bonds is 8. The summed E-state index contributed by atoms with van der Waals surface area (Å²) in [5, 5.41) is 4.19. The molecule has 1 aliphatic heterocycles. The van der Waals surface area contributed by atoms with E-state index in [1.807, 2.05) is 18.2 Å². The second kappa shape index (κ2) is 10.4. The summed E-state index contributed by atoms with van der Waals surface area (Å²) in [5.74, 6) is 0.925. The predicted octanol–water partition coefficient (Wildman–Crippen LogP) is 3.76. The fourth-order valence-corrected chi connectivity index (χ4v) is 3.56. The van der Waals surface area contributed by atoms with Gasteiger partial charge < -0.3 is 19.4 Å². The molecule has 1 aliphatic rings. The van der Waals surface area contributed by atoms with Gasteiger partial charge in [-0.05, 0) is 48.8 Å². The average Bonchev–Trinajstić information content (AvgIpc) is 3.21. The normalized spacial score (nSPS) is 14.9. The molecule has 3 rings (SSSR count). The molecule has 146 valence electrons. The van der Waals surface area contributed by atoms with E-state index in [1.54, 1.807) is 6.26 Å². The van der Waals surface area contributed by atoms with Gasteiger partial charge in [0.1, 0.15) is 5.76 Å². The Bertz CT molecular complexity index is 699. The number of thiocarbonyl (C=S) groups is 1. The van der Waals surface area contributed by atoms with Crippen molar-refractivity contribution in [3.8, 4) is 0 Å². The Hall–Kier alpha value is -1.89. The molecule has 0 unspecified atom stereocenters. The number of hydrogen-bond donors (Lipinski definition) is 1. The number of anilines is 1. The fraction of sp³-hybridized carbons (Fsp3) is 0.476. The van der Waals surface area contributed by atoms with Crippen LogP contribution in [0.4, 0.5) is 5.69 Å². The molecule has 1 fully saturated rings. The number of furan rings is 1. The first-order chi connectivity index (χ1) is 13.3. The predicted molar refractivity (Wildman–Crippen MR) is 113 cm³/mol. The van der Waals surface area contributed by atoms with Gasteiger partial charge >= 0.3 is 0 Å². The molecule has 0 bridgehead atoms. The average molecular weight is 388 g/mol. The van der Waals surface area contributed by atoms with Crippen LogP contribution in [0.1, 0.15) is 24.7 Å². The summed E-state index contributed by atoms with van der Waals surface area (Å²) < 4.78 is 11.0. The van der Waals surface area contributed by atoms with Gasteiger partial charge in [-0.3, -0.25) is 4.90 Å². The second-order valence-corrected chi connectivity index (χ2v) is 7.14. The van der Waals surface area contributed by atoms with E-state index in [0.717, 1.165) is 68.8 Å². The van der Waals surface area contributed by atoms with Crippen molar-refractivity contribution in [3.63, 3.8) is 0 Å². The molecule has 2 aromatic rings. The Morgan fingerprint density at radius 1 is 1.19 bits per heavy atom. The van der Waals surface area contributed by atoms with E-state index < -0.39 is 0 Å². The van der Waals surface area contributed by atoms with E-state index >= 15 is 0 Å². The Labute approximate surface area is 167 Å². The van der Waals surface area contributed by atoms with Crippen LogP contribution in [0.2, 0.25) is 0 Å². The zero-order valence-electron chi connectivity index (χ0n) is 16.0. The zero-order chi connectivity index (χ0) is 18.9. The molecule has 1 saturated heterocycles. The third-order valence-electron chi connectivity index (χ3n) is 4.86. The molecule has 0 spiro atoms. The van der Waals surface area contributed by atoms with Crippen LogP contribution in [0.15, 0.2) is 47.1 Å². The second-order valence-electron chi connectivity index (χ2n) is 6.75. The minimum absolute atomic E-state index is 0.677. The van der Waals surface area contributed by atoms with Crippen molar-refractivity contribution in [2.75, 3.05) is 44.7 Å². The highest BCUT2D eigenvalue weighted by Gasteiger charge is 2.15. The topological polar surface area (TPSA) is 40.9 Å². The summed E-state index contributed by atoms with van der Waals surface area (Å²) in [5.41, 5.74) is 2.36. The van der Waals surface area contributed by atoms with Crippen molar-refractivity contribution in [2.45, 2.75) is 26.3 Å². The number of morpholine rings is 1. The van der Waals surface area contributed by atoms with E-state index in [2.05, 4.69) is 40.2 Å². The van der Waals surface area contributed by atoms with Crippen LogP contribution in [0, 0.1) is 0 Å². The van der Waals surface area contributed by atoms with Gasteiger partial charge in [-0.1, -0.05) is 25.1 Å². The first-order valence-electron chi connectivity index (χ1n) is 9.72. The van der Waals surface area contributed by atoms with Crippen molar-refractivity contribution in [2.24, 2.45) is 0 Å². The third-order valence-corrected chi connectivity index (χ3v) is 5.22. The van der Waals surface area contributed by atoms with Crippen molar-refractivity contribution in [3.05, 3.63) is 54.0 Å². The molecule has 1 N–H and O–H groups in total. The highest BCUT2D eigenvalue weighted by molar-refractivity contribution is 7.80. The lowest BCUT2D eigenvalue weighted by Gasteiger charge is -2.29. The molecule has 0 amide bonds. The van der Waals surface area contributed by atoms with Gasteiger partial charge in [0, 0.05) is 31.9 Å². The van der Waals surface area contributed by atoms with Gasteiger partial charge in [-0.2, -0.15) is 0 Å². The minimum Gasteiger partial charge on any atom is -0.467 e. The van der Waals surface area contributed by atoms with Gasteiger partial charge in [0.2, 0.25) is 0 Å². The van der Waals surface area contributed by atoms with E-state index in [9.17, 15) is 0 Å². The number of nitrogens with zero attached hydrogens (tertiary/aromatic N) is 2. The lowest BCUT2D eigenvalue weighted by Crippen LogP contribution is -2.40. The first-order valence-corrected chi connectivity index (χ1v) is 10.1. The zero-order valence-corrected chi connectivity index (χ0v) is 16.8. The van der Waals surface area contributed by atoms with E-state index in [0.29, 0.717) is 6.54 Å². The van der Waals surface area contributed by atoms with Crippen molar-refractivity contribution in [1.29, 1.82) is 0 Å². The minimum atomic E-state index is 0.677. The summed E-state index contributed by atoms with van der Waals surface area (Å²) in [6.07, 6.45) is 3.74. The molecule has 1 aromatic heterocycles. The summed E-state index contributed by atoms with van der Waals surface area (Å²) in [6, 6.07) is 12.3. The quantitative estimate of drug-likeness (QED) is 0.696.